The second kappa shape index (κ2) is 13.5. The number of urea groups is 1. The molecule has 2 aromatic rings. The van der Waals surface area contributed by atoms with E-state index in [1.807, 2.05) is 24.0 Å². The Morgan fingerprint density at radius 1 is 1.23 bits per heavy atom. The highest BCUT2D eigenvalue weighted by Crippen LogP contribution is 2.34. The first-order chi connectivity index (χ1) is 16.9. The molecule has 0 aliphatic carbocycles. The van der Waals surface area contributed by atoms with Gasteiger partial charge in [0.05, 0.1) is 6.04 Å². The van der Waals surface area contributed by atoms with Crippen LogP contribution in [0.4, 0.5) is 4.79 Å². The van der Waals surface area contributed by atoms with Gasteiger partial charge in [0.15, 0.2) is 0 Å². The monoisotopic (exact) mass is 501 g/mol. The second-order valence-corrected chi connectivity index (χ2v) is 10.2. The zero-order valence-corrected chi connectivity index (χ0v) is 22.2. The van der Waals surface area contributed by atoms with Crippen molar-refractivity contribution in [1.29, 1.82) is 0 Å². The maximum atomic E-state index is 13.5. The quantitative estimate of drug-likeness (QED) is 0.423. The molecule has 0 fully saturated rings. The van der Waals surface area contributed by atoms with E-state index in [4.69, 9.17) is 9.47 Å². The number of nitrogens with zero attached hydrogens (tertiary/aromatic N) is 2. The lowest BCUT2D eigenvalue weighted by Gasteiger charge is -2.37. The zero-order chi connectivity index (χ0) is 25.2. The van der Waals surface area contributed by atoms with Crippen LogP contribution in [-0.2, 0) is 16.0 Å². The van der Waals surface area contributed by atoms with E-state index in [1.54, 1.807) is 23.3 Å². The minimum atomic E-state index is -0.206. The molecule has 0 spiro atoms. The summed E-state index contributed by atoms with van der Waals surface area (Å²) in [6.45, 7) is 8.97. The summed E-state index contributed by atoms with van der Waals surface area (Å²) in [7, 11) is 1.64. The van der Waals surface area contributed by atoms with Gasteiger partial charge < -0.3 is 24.6 Å². The molecular weight excluding hydrogens is 462 g/mol. The minimum Gasteiger partial charge on any atom is -0.491 e. The number of ether oxygens (including phenoxy) is 2. The predicted octanol–water partition coefficient (Wildman–Crippen LogP) is 4.83. The van der Waals surface area contributed by atoms with E-state index in [0.29, 0.717) is 45.2 Å². The average molecular weight is 502 g/mol. The van der Waals surface area contributed by atoms with Gasteiger partial charge >= 0.3 is 6.03 Å². The van der Waals surface area contributed by atoms with E-state index in [9.17, 15) is 9.59 Å². The second-order valence-electron chi connectivity index (χ2n) is 9.19. The topological polar surface area (TPSA) is 71.1 Å². The van der Waals surface area contributed by atoms with Gasteiger partial charge in [-0.25, -0.2) is 4.79 Å². The normalized spacial score (nSPS) is 15.1. The Balaban J connectivity index is 1.71. The van der Waals surface area contributed by atoms with Crippen LogP contribution in [0.15, 0.2) is 35.7 Å². The maximum Gasteiger partial charge on any atom is 0.317 e. The average Bonchev–Trinajstić information content (AvgIpc) is 3.34. The van der Waals surface area contributed by atoms with Crippen molar-refractivity contribution in [3.05, 3.63) is 51.7 Å². The van der Waals surface area contributed by atoms with Crippen LogP contribution < -0.4 is 10.1 Å². The summed E-state index contributed by atoms with van der Waals surface area (Å²) in [5.41, 5.74) is 2.41. The van der Waals surface area contributed by atoms with E-state index < -0.39 is 0 Å². The molecule has 0 unspecified atom stereocenters. The maximum absolute atomic E-state index is 13.5. The highest BCUT2D eigenvalue weighted by molar-refractivity contribution is 7.10. The number of fused-ring (bicyclic) bond motifs is 1. The summed E-state index contributed by atoms with van der Waals surface area (Å²) >= 11 is 1.73. The number of hydrogen-bond donors (Lipinski definition) is 1. The molecule has 3 amide bonds. The smallest absolute Gasteiger partial charge is 0.317 e. The Labute approximate surface area is 213 Å². The molecule has 0 saturated carbocycles. The van der Waals surface area contributed by atoms with Crippen molar-refractivity contribution >= 4 is 23.3 Å². The van der Waals surface area contributed by atoms with Gasteiger partial charge in [-0.2, -0.15) is 0 Å². The SMILES string of the molecule is CCCNC(=O)N(CCCOC)CC(=O)N1CCc2sccc2[C@@H]1COc1ccc(C(C)C)cc1. The summed E-state index contributed by atoms with van der Waals surface area (Å²) in [5, 5.41) is 4.98. The summed E-state index contributed by atoms with van der Waals surface area (Å²) in [5.74, 6) is 1.20. The third-order valence-corrected chi connectivity index (χ3v) is 7.28. The number of thiophene rings is 1. The van der Waals surface area contributed by atoms with Crippen LogP contribution >= 0.6 is 11.3 Å². The molecule has 0 bridgehead atoms. The Morgan fingerprint density at radius 3 is 2.69 bits per heavy atom. The third-order valence-electron chi connectivity index (χ3n) is 6.29. The molecule has 35 heavy (non-hydrogen) atoms. The van der Waals surface area contributed by atoms with Gasteiger partial charge in [-0.3, -0.25) is 4.79 Å². The summed E-state index contributed by atoms with van der Waals surface area (Å²) < 4.78 is 11.3. The number of nitrogens with one attached hydrogen (secondary N) is 1. The lowest BCUT2D eigenvalue weighted by Crippen LogP contribution is -2.50. The van der Waals surface area contributed by atoms with Crippen LogP contribution in [0.3, 0.4) is 0 Å². The van der Waals surface area contributed by atoms with Gasteiger partial charge in [0.25, 0.3) is 0 Å². The van der Waals surface area contributed by atoms with E-state index in [-0.39, 0.29) is 24.5 Å². The van der Waals surface area contributed by atoms with Crippen molar-refractivity contribution in [1.82, 2.24) is 15.1 Å². The molecule has 1 aromatic heterocycles. The zero-order valence-electron chi connectivity index (χ0n) is 21.4. The van der Waals surface area contributed by atoms with Crippen LogP contribution in [0.2, 0.25) is 0 Å². The number of carbonyl (C=O) groups excluding carboxylic acids is 2. The van der Waals surface area contributed by atoms with E-state index in [0.717, 1.165) is 24.2 Å². The summed E-state index contributed by atoms with van der Waals surface area (Å²) in [4.78, 5) is 31.0. The summed E-state index contributed by atoms with van der Waals surface area (Å²) in [6, 6.07) is 9.88. The fourth-order valence-corrected chi connectivity index (χ4v) is 5.18. The summed E-state index contributed by atoms with van der Waals surface area (Å²) in [6.07, 6.45) is 2.34. The van der Waals surface area contributed by atoms with Crippen molar-refractivity contribution in [2.45, 2.75) is 52.0 Å². The van der Waals surface area contributed by atoms with Crippen LogP contribution in [-0.4, -0.2) is 68.2 Å². The van der Waals surface area contributed by atoms with Gasteiger partial charge in [-0.05, 0) is 59.9 Å². The lowest BCUT2D eigenvalue weighted by atomic mass is 10.00. The van der Waals surface area contributed by atoms with E-state index in [2.05, 4.69) is 42.7 Å². The van der Waals surface area contributed by atoms with Crippen molar-refractivity contribution in [3.63, 3.8) is 0 Å². The fourth-order valence-electron chi connectivity index (χ4n) is 4.25. The predicted molar refractivity (Wildman–Crippen MR) is 140 cm³/mol. The van der Waals surface area contributed by atoms with Crippen LogP contribution in [0.1, 0.15) is 61.6 Å². The molecule has 0 radical (unpaired) electrons. The molecule has 8 heteroatoms. The van der Waals surface area contributed by atoms with E-state index >= 15 is 0 Å². The van der Waals surface area contributed by atoms with Crippen molar-refractivity contribution < 1.29 is 19.1 Å². The molecule has 2 heterocycles. The van der Waals surface area contributed by atoms with Gasteiger partial charge in [0.1, 0.15) is 18.9 Å². The largest absolute Gasteiger partial charge is 0.491 e. The number of amides is 3. The molecule has 1 N–H and O–H groups in total. The minimum absolute atomic E-state index is 0.0400. The van der Waals surface area contributed by atoms with E-state index in [1.165, 1.54) is 10.4 Å². The molecule has 1 atom stereocenters. The molecule has 1 aliphatic rings. The first-order valence-electron chi connectivity index (χ1n) is 12.5. The van der Waals surface area contributed by atoms with Crippen molar-refractivity contribution in [2.75, 3.05) is 46.5 Å². The lowest BCUT2D eigenvalue weighted by molar-refractivity contribution is -0.135. The number of hydrogen-bond acceptors (Lipinski definition) is 5. The van der Waals surface area contributed by atoms with Crippen LogP contribution in [0.5, 0.6) is 5.75 Å². The number of benzene rings is 1. The number of carbonyl (C=O) groups is 2. The highest BCUT2D eigenvalue weighted by atomic mass is 32.1. The molecule has 0 saturated heterocycles. The molecule has 192 valence electrons. The first-order valence-corrected chi connectivity index (χ1v) is 13.4. The van der Waals surface area contributed by atoms with Crippen LogP contribution in [0, 0.1) is 0 Å². The molecule has 1 aromatic carbocycles. The molecular formula is C27H39N3O4S. The van der Waals surface area contributed by atoms with Gasteiger partial charge in [-0.1, -0.05) is 32.9 Å². The number of rotatable bonds is 12. The van der Waals surface area contributed by atoms with Gasteiger partial charge in [0.2, 0.25) is 5.91 Å². The molecule has 7 nitrogen and oxygen atoms in total. The van der Waals surface area contributed by atoms with Crippen LogP contribution in [0.25, 0.3) is 0 Å². The standard InChI is InChI=1S/C27H39N3O4S/c1-5-13-28-27(32)29(14-6-16-33-4)18-26(31)30-15-11-25-23(12-17-35-25)24(30)19-34-22-9-7-21(8-10-22)20(2)3/h7-10,12,17,20,24H,5-6,11,13-16,18-19H2,1-4H3,(H,28,32)/t24-/m0/s1. The Morgan fingerprint density at radius 2 is 2.00 bits per heavy atom. The molecule has 1 aliphatic heterocycles. The number of methoxy groups -OCH3 is 1. The van der Waals surface area contributed by atoms with Gasteiger partial charge in [0, 0.05) is 38.2 Å². The highest BCUT2D eigenvalue weighted by Gasteiger charge is 2.33. The van der Waals surface area contributed by atoms with Gasteiger partial charge in [-0.15, -0.1) is 11.3 Å². The Hall–Kier alpha value is -2.58. The fraction of sp³-hybridized carbons (Fsp3) is 0.556. The van der Waals surface area contributed by atoms with Crippen molar-refractivity contribution in [2.24, 2.45) is 0 Å². The third kappa shape index (κ3) is 7.45. The Bertz CT molecular complexity index is 944. The Kier molecular flexibility index (Phi) is 10.4. The molecule has 3 rings (SSSR count). The van der Waals surface area contributed by atoms with Crippen molar-refractivity contribution in [3.8, 4) is 5.75 Å². The first kappa shape index (κ1) is 27.0.